The van der Waals surface area contributed by atoms with Crippen LogP contribution in [0, 0.1) is 0 Å². The number of ether oxygens (including phenoxy) is 2. The molecule has 0 saturated carbocycles. The minimum Gasteiger partial charge on any atom is -0.454 e. The second-order valence-electron chi connectivity index (χ2n) is 8.18. The molecular formula is C20H24BrN6O4S2+. The SMILES string of the molecule is CS(=O)(=O)[NH+]1CCCCC1CCn1c(Sc2cc3c(cc2Br)OCO3)nc2c(N)ncnc21. The average Bonchev–Trinajstić information content (AvgIpc) is 3.37. The standard InChI is InChI=1S/C20H23BrN6O4S2/c1-33(28,29)27-6-3-2-4-12(27)5-7-26-19-17(18(22)23-10-24-19)25-20(26)32-16-9-15-14(8-13(16)21)30-11-31-15/h8-10,12H,2-7,11H2,1H3,(H2,22,23,24)/p+1. The summed E-state index contributed by atoms with van der Waals surface area (Å²) in [5.41, 5.74) is 7.26. The summed E-state index contributed by atoms with van der Waals surface area (Å²) in [5.74, 6) is 1.68. The first kappa shape index (κ1) is 22.7. The van der Waals surface area contributed by atoms with Crippen LogP contribution in [0.4, 0.5) is 5.82 Å². The molecule has 1 fully saturated rings. The van der Waals surface area contributed by atoms with Crippen molar-refractivity contribution in [2.75, 3.05) is 25.3 Å². The minimum atomic E-state index is -3.18. The van der Waals surface area contributed by atoms with Crippen molar-refractivity contribution in [2.45, 2.75) is 48.3 Å². The molecule has 3 N–H and O–H groups in total. The maximum atomic E-state index is 12.3. The van der Waals surface area contributed by atoms with Crippen LogP contribution in [0.3, 0.4) is 0 Å². The third-order valence-electron chi connectivity index (χ3n) is 6.01. The van der Waals surface area contributed by atoms with Gasteiger partial charge in [-0.1, -0.05) is 11.8 Å². The Labute approximate surface area is 204 Å². The van der Waals surface area contributed by atoms with Crippen LogP contribution < -0.4 is 19.5 Å². The maximum Gasteiger partial charge on any atom is 0.292 e. The lowest BCUT2D eigenvalue weighted by molar-refractivity contribution is -0.804. The molecule has 1 saturated heterocycles. The molecule has 176 valence electrons. The van der Waals surface area contributed by atoms with E-state index in [2.05, 4.69) is 25.9 Å². The number of rotatable bonds is 6. The summed E-state index contributed by atoms with van der Waals surface area (Å²) < 4.78 is 39.2. The number of nitrogen functional groups attached to an aromatic ring is 1. The molecule has 0 amide bonds. The molecule has 1 aromatic carbocycles. The van der Waals surface area contributed by atoms with Crippen LogP contribution >= 0.6 is 27.7 Å². The number of halogens is 1. The molecule has 2 unspecified atom stereocenters. The van der Waals surface area contributed by atoms with E-state index in [9.17, 15) is 8.42 Å². The van der Waals surface area contributed by atoms with E-state index in [1.165, 1.54) is 24.3 Å². The van der Waals surface area contributed by atoms with Crippen LogP contribution in [-0.2, 0) is 16.6 Å². The number of aryl methyl sites for hydroxylation is 1. The second kappa shape index (κ2) is 8.93. The van der Waals surface area contributed by atoms with E-state index in [0.29, 0.717) is 57.5 Å². The number of nitrogens with one attached hydrogen (secondary N) is 1. The topological polar surface area (TPSA) is 127 Å². The number of piperidine rings is 1. The van der Waals surface area contributed by atoms with Crippen LogP contribution in [0.5, 0.6) is 11.5 Å². The van der Waals surface area contributed by atoms with Crippen molar-refractivity contribution in [2.24, 2.45) is 0 Å². The molecule has 3 aromatic rings. The van der Waals surface area contributed by atoms with E-state index in [0.717, 1.165) is 28.6 Å². The zero-order valence-electron chi connectivity index (χ0n) is 18.0. The molecule has 0 spiro atoms. The van der Waals surface area contributed by atoms with Gasteiger partial charge in [-0.05, 0) is 40.9 Å². The average molecular weight is 556 g/mol. The van der Waals surface area contributed by atoms with Crippen molar-refractivity contribution in [1.29, 1.82) is 0 Å². The lowest BCUT2D eigenvalue weighted by Gasteiger charge is -2.30. The number of nitrogens with two attached hydrogens (primary N) is 1. The number of benzene rings is 1. The molecular weight excluding hydrogens is 532 g/mol. The summed E-state index contributed by atoms with van der Waals surface area (Å²) in [6.07, 6.45) is 6.27. The van der Waals surface area contributed by atoms with Crippen molar-refractivity contribution in [3.63, 3.8) is 0 Å². The highest BCUT2D eigenvalue weighted by atomic mass is 79.9. The van der Waals surface area contributed by atoms with Crippen molar-refractivity contribution in [3.8, 4) is 11.5 Å². The Morgan fingerprint density at radius 1 is 1.27 bits per heavy atom. The Bertz CT molecular complexity index is 1320. The Hall–Kier alpha value is -2.09. The summed E-state index contributed by atoms with van der Waals surface area (Å²) in [7, 11) is -3.18. The predicted octanol–water partition coefficient (Wildman–Crippen LogP) is 1.84. The second-order valence-corrected chi connectivity index (χ2v) is 12.1. The van der Waals surface area contributed by atoms with E-state index in [1.807, 2.05) is 16.7 Å². The van der Waals surface area contributed by atoms with Crippen LogP contribution in [0.15, 0.2) is 33.0 Å². The van der Waals surface area contributed by atoms with Gasteiger partial charge in [0.2, 0.25) is 6.79 Å². The molecule has 2 atom stereocenters. The van der Waals surface area contributed by atoms with E-state index < -0.39 is 10.0 Å². The molecule has 0 bridgehead atoms. The van der Waals surface area contributed by atoms with E-state index in [-0.39, 0.29) is 12.8 Å². The van der Waals surface area contributed by atoms with E-state index in [1.54, 1.807) is 0 Å². The van der Waals surface area contributed by atoms with Crippen LogP contribution in [0.25, 0.3) is 11.2 Å². The predicted molar refractivity (Wildman–Crippen MR) is 127 cm³/mol. The van der Waals surface area contributed by atoms with Gasteiger partial charge in [-0.2, -0.15) is 8.42 Å². The fourth-order valence-corrected chi connectivity index (χ4v) is 7.29. The molecule has 0 aliphatic carbocycles. The Kier molecular flexibility index (Phi) is 6.14. The number of anilines is 1. The van der Waals surface area contributed by atoms with Gasteiger partial charge in [0.05, 0.1) is 12.8 Å². The van der Waals surface area contributed by atoms with Crippen molar-refractivity contribution in [1.82, 2.24) is 19.5 Å². The molecule has 33 heavy (non-hydrogen) atoms. The quantitative estimate of drug-likeness (QED) is 0.468. The third-order valence-corrected chi connectivity index (χ3v) is 9.47. The van der Waals surface area contributed by atoms with E-state index in [4.69, 9.17) is 20.2 Å². The number of imidazole rings is 1. The summed E-state index contributed by atoms with van der Waals surface area (Å²) in [6.45, 7) is 1.41. The minimum absolute atomic E-state index is 0.0283. The number of hydrogen-bond acceptors (Lipinski definition) is 9. The van der Waals surface area contributed by atoms with Gasteiger partial charge in [0.15, 0.2) is 33.6 Å². The first-order valence-corrected chi connectivity index (χ1v) is 14.1. The van der Waals surface area contributed by atoms with Crippen LogP contribution in [-0.4, -0.2) is 53.6 Å². The number of fused-ring (bicyclic) bond motifs is 2. The van der Waals surface area contributed by atoms with Gasteiger partial charge in [0.1, 0.15) is 12.4 Å². The monoisotopic (exact) mass is 555 g/mol. The van der Waals surface area contributed by atoms with Gasteiger partial charge in [-0.3, -0.25) is 0 Å². The fourth-order valence-electron chi connectivity index (χ4n) is 4.42. The van der Waals surface area contributed by atoms with Gasteiger partial charge < -0.3 is 19.8 Å². The molecule has 4 heterocycles. The first-order valence-electron chi connectivity index (χ1n) is 10.6. The van der Waals surface area contributed by atoms with Gasteiger partial charge in [-0.25, -0.2) is 19.3 Å². The highest BCUT2D eigenvalue weighted by Crippen LogP contribution is 2.43. The molecule has 10 nitrogen and oxygen atoms in total. The van der Waals surface area contributed by atoms with Crippen molar-refractivity contribution >= 4 is 54.7 Å². The number of hydrogen-bond donors (Lipinski definition) is 2. The molecule has 2 aliphatic rings. The zero-order valence-corrected chi connectivity index (χ0v) is 21.2. The molecule has 2 aromatic heterocycles. The Morgan fingerprint density at radius 3 is 2.85 bits per heavy atom. The highest BCUT2D eigenvalue weighted by molar-refractivity contribution is 9.10. The van der Waals surface area contributed by atoms with Gasteiger partial charge >= 0.3 is 0 Å². The van der Waals surface area contributed by atoms with Crippen molar-refractivity contribution in [3.05, 3.63) is 22.9 Å². The highest BCUT2D eigenvalue weighted by Gasteiger charge is 2.33. The maximum absolute atomic E-state index is 12.3. The fraction of sp³-hybridized carbons (Fsp3) is 0.450. The van der Waals surface area contributed by atoms with Crippen LogP contribution in [0.1, 0.15) is 25.7 Å². The number of quaternary nitrogens is 1. The normalized spacial score (nSPS) is 20.4. The largest absolute Gasteiger partial charge is 0.454 e. The molecule has 5 rings (SSSR count). The zero-order chi connectivity index (χ0) is 23.2. The van der Waals surface area contributed by atoms with Gasteiger partial charge in [0, 0.05) is 28.8 Å². The van der Waals surface area contributed by atoms with Gasteiger partial charge in [-0.15, -0.1) is 0 Å². The summed E-state index contributed by atoms with van der Waals surface area (Å²) in [4.78, 5) is 14.1. The summed E-state index contributed by atoms with van der Waals surface area (Å²) >= 11 is 5.06. The Balaban J connectivity index is 1.48. The smallest absolute Gasteiger partial charge is 0.292 e. The van der Waals surface area contributed by atoms with E-state index >= 15 is 0 Å². The molecule has 2 aliphatic heterocycles. The summed E-state index contributed by atoms with van der Waals surface area (Å²) in [5, 5.41) is 0.702. The van der Waals surface area contributed by atoms with Crippen LogP contribution in [0.2, 0.25) is 0 Å². The Morgan fingerprint density at radius 2 is 2.06 bits per heavy atom. The molecule has 13 heteroatoms. The first-order chi connectivity index (χ1) is 15.8. The third kappa shape index (κ3) is 4.51. The molecule has 0 radical (unpaired) electrons. The lowest BCUT2D eigenvalue weighted by Crippen LogP contribution is -3.18. The number of nitrogens with zero attached hydrogens (tertiary/aromatic N) is 4. The summed E-state index contributed by atoms with van der Waals surface area (Å²) in [6, 6.07) is 3.81. The van der Waals surface area contributed by atoms with Gasteiger partial charge in [0.25, 0.3) is 10.0 Å². The number of sulfonamides is 1. The number of aromatic nitrogens is 4. The lowest BCUT2D eigenvalue weighted by atomic mass is 10.0. The van der Waals surface area contributed by atoms with Crippen molar-refractivity contribution < 1.29 is 22.2 Å².